The van der Waals surface area contributed by atoms with Crippen LogP contribution in [0.15, 0.2) is 72.8 Å². The fraction of sp³-hybridized carbons (Fsp3) is 0.160. The summed E-state index contributed by atoms with van der Waals surface area (Å²) < 4.78 is 5.23. The predicted octanol–water partition coefficient (Wildman–Crippen LogP) is 4.23. The molecule has 1 aromatic heterocycles. The lowest BCUT2D eigenvalue weighted by Crippen LogP contribution is -2.39. The van der Waals surface area contributed by atoms with Gasteiger partial charge in [0.05, 0.1) is 35.8 Å². The van der Waals surface area contributed by atoms with E-state index in [2.05, 4.69) is 26.7 Å². The minimum absolute atomic E-state index is 0.255. The summed E-state index contributed by atoms with van der Waals surface area (Å²) in [6.45, 7) is 0.255. The topological polar surface area (TPSA) is 103 Å². The molecule has 1 atom stereocenters. The van der Waals surface area contributed by atoms with Crippen LogP contribution in [0.25, 0.3) is 11.0 Å². The summed E-state index contributed by atoms with van der Waals surface area (Å²) in [6, 6.07) is 24.1. The number of benzene rings is 3. The Kier molecular flexibility index (Phi) is 6.33. The molecule has 3 N–H and O–H groups in total. The molecule has 7 heteroatoms. The summed E-state index contributed by atoms with van der Waals surface area (Å²) in [5.41, 5.74) is 4.09. The number of aromatic amines is 1. The number of fused-ring (bicyclic) bond motifs is 1. The van der Waals surface area contributed by atoms with Crippen molar-refractivity contribution < 1.29 is 9.53 Å². The Hall–Kier alpha value is -4.31. The Labute approximate surface area is 186 Å². The zero-order chi connectivity index (χ0) is 22.3. The largest absolute Gasteiger partial charge is 0.497 e. The second-order valence-electron chi connectivity index (χ2n) is 7.34. The van der Waals surface area contributed by atoms with E-state index in [-0.39, 0.29) is 18.6 Å². The van der Waals surface area contributed by atoms with Gasteiger partial charge in [-0.25, -0.2) is 9.78 Å². The van der Waals surface area contributed by atoms with Gasteiger partial charge in [-0.2, -0.15) is 5.26 Å². The number of nitrogens with one attached hydrogen (secondary N) is 3. The summed E-state index contributed by atoms with van der Waals surface area (Å²) >= 11 is 0. The lowest BCUT2D eigenvalue weighted by Gasteiger charge is -2.18. The molecule has 1 heterocycles. The zero-order valence-corrected chi connectivity index (χ0v) is 17.6. The van der Waals surface area contributed by atoms with Crippen molar-refractivity contribution in [1.82, 2.24) is 20.6 Å². The molecule has 0 saturated carbocycles. The summed E-state index contributed by atoms with van der Waals surface area (Å²) in [5.74, 6) is 1.45. The van der Waals surface area contributed by atoms with Crippen LogP contribution in [0.2, 0.25) is 0 Å². The molecule has 0 aliphatic carbocycles. The molecule has 1 unspecified atom stereocenters. The van der Waals surface area contributed by atoms with Gasteiger partial charge in [0.25, 0.3) is 0 Å². The molecular weight excluding hydrogens is 402 g/mol. The van der Waals surface area contributed by atoms with Crippen molar-refractivity contribution in [2.24, 2.45) is 0 Å². The van der Waals surface area contributed by atoms with Crippen molar-refractivity contribution >= 4 is 17.1 Å². The molecule has 32 heavy (non-hydrogen) atoms. The van der Waals surface area contributed by atoms with Gasteiger partial charge in [0.1, 0.15) is 11.6 Å². The summed E-state index contributed by atoms with van der Waals surface area (Å²) in [7, 11) is 1.63. The van der Waals surface area contributed by atoms with Crippen LogP contribution in [-0.4, -0.2) is 23.1 Å². The van der Waals surface area contributed by atoms with Gasteiger partial charge in [0.2, 0.25) is 0 Å². The highest BCUT2D eigenvalue weighted by Gasteiger charge is 2.19. The number of carbonyl (C=O) groups is 1. The number of nitriles is 1. The molecular formula is C25H23N5O2. The lowest BCUT2D eigenvalue weighted by atomic mass is 10.1. The maximum atomic E-state index is 12.7. The van der Waals surface area contributed by atoms with E-state index in [0.717, 1.165) is 27.9 Å². The molecule has 4 aromatic rings. The average Bonchev–Trinajstić information content (AvgIpc) is 3.27. The van der Waals surface area contributed by atoms with E-state index in [9.17, 15) is 10.1 Å². The Morgan fingerprint density at radius 1 is 1.09 bits per heavy atom. The van der Waals surface area contributed by atoms with Crippen LogP contribution < -0.4 is 15.4 Å². The van der Waals surface area contributed by atoms with Crippen LogP contribution in [0.3, 0.4) is 0 Å². The number of aromatic nitrogens is 2. The van der Waals surface area contributed by atoms with E-state index in [4.69, 9.17) is 4.74 Å². The van der Waals surface area contributed by atoms with Crippen molar-refractivity contribution in [3.05, 3.63) is 95.3 Å². The van der Waals surface area contributed by atoms with Crippen molar-refractivity contribution in [2.45, 2.75) is 19.0 Å². The molecule has 0 aliphatic rings. The summed E-state index contributed by atoms with van der Waals surface area (Å²) in [6.07, 6.45) is 0.548. The molecule has 2 amide bonds. The van der Waals surface area contributed by atoms with Gasteiger partial charge in [-0.05, 0) is 47.9 Å². The van der Waals surface area contributed by atoms with Crippen LogP contribution in [0.4, 0.5) is 4.79 Å². The third-order valence-electron chi connectivity index (χ3n) is 5.22. The Morgan fingerprint density at radius 2 is 1.84 bits per heavy atom. The SMILES string of the molecule is COc1ccc(CC(NC(=O)NCc2ccccc2C#N)c2nc3ccccc3[nH]2)cc1. The van der Waals surface area contributed by atoms with Crippen LogP contribution in [0.1, 0.15) is 28.6 Å². The van der Waals surface area contributed by atoms with Crippen molar-refractivity contribution in [2.75, 3.05) is 7.11 Å². The molecule has 4 rings (SSSR count). The van der Waals surface area contributed by atoms with Crippen molar-refractivity contribution in [3.8, 4) is 11.8 Å². The first kappa shape index (κ1) is 20.9. The number of methoxy groups -OCH3 is 1. The first-order valence-electron chi connectivity index (χ1n) is 10.3. The van der Waals surface area contributed by atoms with Crippen molar-refractivity contribution in [1.29, 1.82) is 5.26 Å². The van der Waals surface area contributed by atoms with E-state index in [0.29, 0.717) is 17.8 Å². The van der Waals surface area contributed by atoms with Crippen LogP contribution >= 0.6 is 0 Å². The molecule has 3 aromatic carbocycles. The molecule has 0 aliphatic heterocycles. The first-order valence-corrected chi connectivity index (χ1v) is 10.3. The monoisotopic (exact) mass is 425 g/mol. The van der Waals surface area contributed by atoms with Gasteiger partial charge in [0.15, 0.2) is 0 Å². The third kappa shape index (κ3) is 4.87. The molecule has 0 spiro atoms. The lowest BCUT2D eigenvalue weighted by molar-refractivity contribution is 0.236. The van der Waals surface area contributed by atoms with Crippen LogP contribution in [0.5, 0.6) is 5.75 Å². The average molecular weight is 425 g/mol. The molecule has 0 fully saturated rings. The minimum atomic E-state index is -0.373. The zero-order valence-electron chi connectivity index (χ0n) is 17.6. The van der Waals surface area contributed by atoms with E-state index in [1.54, 1.807) is 19.2 Å². The highest BCUT2D eigenvalue weighted by atomic mass is 16.5. The molecule has 7 nitrogen and oxygen atoms in total. The van der Waals surface area contributed by atoms with E-state index < -0.39 is 0 Å². The summed E-state index contributed by atoms with van der Waals surface area (Å²) in [4.78, 5) is 20.7. The second kappa shape index (κ2) is 9.67. The van der Waals surface area contributed by atoms with Gasteiger partial charge in [-0.15, -0.1) is 0 Å². The highest BCUT2D eigenvalue weighted by molar-refractivity contribution is 5.76. The number of carbonyl (C=O) groups excluding carboxylic acids is 1. The number of imidazole rings is 1. The standard InChI is InChI=1S/C25H23N5O2/c1-32-20-12-10-17(11-13-20)14-23(24-28-21-8-4-5-9-22(21)29-24)30-25(31)27-16-19-7-3-2-6-18(19)15-26/h2-13,23H,14,16H2,1H3,(H,28,29)(H2,27,30,31). The number of H-pyrrole nitrogens is 1. The van der Waals surface area contributed by atoms with Gasteiger partial charge >= 0.3 is 6.03 Å². The number of ether oxygens (including phenoxy) is 1. The number of amides is 2. The predicted molar refractivity (Wildman–Crippen MR) is 122 cm³/mol. The quantitative estimate of drug-likeness (QED) is 0.412. The van der Waals surface area contributed by atoms with E-state index in [1.165, 1.54) is 0 Å². The highest BCUT2D eigenvalue weighted by Crippen LogP contribution is 2.21. The second-order valence-corrected chi connectivity index (χ2v) is 7.34. The van der Waals surface area contributed by atoms with Gasteiger partial charge in [0, 0.05) is 6.54 Å². The van der Waals surface area contributed by atoms with Gasteiger partial charge < -0.3 is 20.4 Å². The molecule has 0 bridgehead atoms. The smallest absolute Gasteiger partial charge is 0.315 e. The Balaban J connectivity index is 1.52. The molecule has 0 radical (unpaired) electrons. The fourth-order valence-corrected chi connectivity index (χ4v) is 3.52. The Morgan fingerprint density at radius 3 is 2.59 bits per heavy atom. The fourth-order valence-electron chi connectivity index (χ4n) is 3.52. The van der Waals surface area contributed by atoms with E-state index >= 15 is 0 Å². The van der Waals surface area contributed by atoms with Gasteiger partial charge in [-0.1, -0.05) is 42.5 Å². The van der Waals surface area contributed by atoms with E-state index in [1.807, 2.05) is 60.7 Å². The Bertz CT molecular complexity index is 1220. The normalized spacial score (nSPS) is 11.5. The summed E-state index contributed by atoms with van der Waals surface area (Å²) in [5, 5.41) is 15.1. The number of urea groups is 1. The third-order valence-corrected chi connectivity index (χ3v) is 5.22. The minimum Gasteiger partial charge on any atom is -0.497 e. The number of hydrogen-bond donors (Lipinski definition) is 3. The first-order chi connectivity index (χ1) is 15.7. The molecule has 160 valence electrons. The number of nitrogens with zero attached hydrogens (tertiary/aromatic N) is 2. The maximum absolute atomic E-state index is 12.7. The number of hydrogen-bond acceptors (Lipinski definition) is 4. The van der Waals surface area contributed by atoms with Crippen LogP contribution in [-0.2, 0) is 13.0 Å². The van der Waals surface area contributed by atoms with Crippen molar-refractivity contribution in [3.63, 3.8) is 0 Å². The number of rotatable bonds is 7. The van der Waals surface area contributed by atoms with Crippen LogP contribution in [0, 0.1) is 11.3 Å². The number of para-hydroxylation sites is 2. The maximum Gasteiger partial charge on any atom is 0.315 e. The molecule has 0 saturated heterocycles. The van der Waals surface area contributed by atoms with Gasteiger partial charge in [-0.3, -0.25) is 0 Å².